The first-order valence-electron chi connectivity index (χ1n) is 13.6. The fourth-order valence-electron chi connectivity index (χ4n) is 4.98. The summed E-state index contributed by atoms with van der Waals surface area (Å²) in [7, 11) is 5.98. The van der Waals surface area contributed by atoms with E-state index in [9.17, 15) is 19.2 Å². The molecule has 3 rings (SSSR count). The summed E-state index contributed by atoms with van der Waals surface area (Å²) in [4.78, 5) is 48.7. The van der Waals surface area contributed by atoms with Crippen LogP contribution in [0.2, 0.25) is 0 Å². The predicted octanol–water partition coefficient (Wildman–Crippen LogP) is 3.12. The molecule has 2 aromatic rings. The van der Waals surface area contributed by atoms with Crippen LogP contribution >= 0.6 is 0 Å². The van der Waals surface area contributed by atoms with Crippen molar-refractivity contribution in [2.75, 3.05) is 46.8 Å². The molecule has 1 aliphatic rings. The first kappa shape index (κ1) is 31.3. The van der Waals surface area contributed by atoms with Crippen LogP contribution in [0.4, 0.5) is 5.69 Å². The van der Waals surface area contributed by atoms with Gasteiger partial charge in [-0.15, -0.1) is 0 Å². The summed E-state index contributed by atoms with van der Waals surface area (Å²) in [5, 5.41) is 8.92. The van der Waals surface area contributed by atoms with Crippen LogP contribution in [0.15, 0.2) is 29.1 Å². The Balaban J connectivity index is 1.86. The SMILES string of the molecule is COC(=O)CCCNC(=O)CCCNc1ccc2c(cc1=O)C(NC(C)=O)CCc1cc(OC)c(OC)c(OC)c1-2. The molecule has 0 aromatic heterocycles. The van der Waals surface area contributed by atoms with Crippen LogP contribution in [0.25, 0.3) is 11.1 Å². The van der Waals surface area contributed by atoms with Crippen LogP contribution in [-0.2, 0) is 25.5 Å². The Kier molecular flexibility index (Phi) is 11.4. The van der Waals surface area contributed by atoms with Gasteiger partial charge < -0.3 is 34.9 Å². The molecule has 0 heterocycles. The van der Waals surface area contributed by atoms with Crippen molar-refractivity contribution < 1.29 is 33.3 Å². The maximum Gasteiger partial charge on any atom is 0.305 e. The van der Waals surface area contributed by atoms with E-state index in [1.165, 1.54) is 21.1 Å². The van der Waals surface area contributed by atoms with Crippen LogP contribution in [0, 0.1) is 0 Å². The van der Waals surface area contributed by atoms with E-state index < -0.39 is 6.04 Å². The number of anilines is 1. The number of hydrogen-bond acceptors (Lipinski definition) is 9. The molecule has 11 nitrogen and oxygen atoms in total. The number of carbonyl (C=O) groups excluding carboxylic acids is 3. The summed E-state index contributed by atoms with van der Waals surface area (Å²) >= 11 is 0. The van der Waals surface area contributed by atoms with E-state index in [0.29, 0.717) is 67.3 Å². The van der Waals surface area contributed by atoms with Gasteiger partial charge in [0.05, 0.1) is 40.2 Å². The summed E-state index contributed by atoms with van der Waals surface area (Å²) in [6, 6.07) is 6.62. The average molecular weight is 570 g/mol. The molecule has 0 radical (unpaired) electrons. The molecule has 222 valence electrons. The fraction of sp³-hybridized carbons (Fsp3) is 0.467. The largest absolute Gasteiger partial charge is 0.493 e. The van der Waals surface area contributed by atoms with E-state index in [1.54, 1.807) is 26.4 Å². The lowest BCUT2D eigenvalue weighted by Crippen LogP contribution is -2.26. The minimum atomic E-state index is -0.396. The van der Waals surface area contributed by atoms with Crippen LogP contribution < -0.4 is 35.6 Å². The summed E-state index contributed by atoms with van der Waals surface area (Å²) in [5.74, 6) is 0.813. The molecule has 11 heteroatoms. The number of methoxy groups -OCH3 is 4. The van der Waals surface area contributed by atoms with Gasteiger partial charge in [-0.1, -0.05) is 6.07 Å². The quantitative estimate of drug-likeness (QED) is 0.245. The third-order valence-corrected chi connectivity index (χ3v) is 6.92. The first-order chi connectivity index (χ1) is 19.7. The number of esters is 1. The van der Waals surface area contributed by atoms with Gasteiger partial charge in [0.1, 0.15) is 0 Å². The Morgan fingerprint density at radius 1 is 0.927 bits per heavy atom. The Bertz CT molecular complexity index is 1330. The molecule has 2 amide bonds. The highest BCUT2D eigenvalue weighted by Crippen LogP contribution is 2.50. The number of rotatable bonds is 13. The van der Waals surface area contributed by atoms with Gasteiger partial charge in [-0.25, -0.2) is 0 Å². The Morgan fingerprint density at radius 2 is 1.66 bits per heavy atom. The Labute approximate surface area is 239 Å². The average Bonchev–Trinajstić information content (AvgIpc) is 3.20. The van der Waals surface area contributed by atoms with E-state index in [-0.39, 0.29) is 36.1 Å². The summed E-state index contributed by atoms with van der Waals surface area (Å²) in [5.41, 5.74) is 3.27. The van der Waals surface area contributed by atoms with Crippen LogP contribution in [0.3, 0.4) is 0 Å². The van der Waals surface area contributed by atoms with Crippen LogP contribution in [0.5, 0.6) is 17.2 Å². The van der Waals surface area contributed by atoms with Crippen molar-refractivity contribution in [3.05, 3.63) is 45.6 Å². The van der Waals surface area contributed by atoms with Gasteiger partial charge in [-0.05, 0) is 60.6 Å². The van der Waals surface area contributed by atoms with Gasteiger partial charge in [0, 0.05) is 38.4 Å². The summed E-state index contributed by atoms with van der Waals surface area (Å²) in [6.45, 7) is 2.25. The lowest BCUT2D eigenvalue weighted by molar-refractivity contribution is -0.140. The standard InChI is InChI=1S/C30H39N3O8/c1-18(34)33-22-12-10-19-16-25(38-2)29(40-4)30(41-5)28(19)20-11-13-23(24(35)17-21(20)22)31-14-6-8-26(36)32-15-7-9-27(37)39-3/h11,13,16-17,22H,6-10,12,14-15H2,1-5H3,(H,31,35)(H,32,36)(H,33,34). The predicted molar refractivity (Wildman–Crippen MR) is 155 cm³/mol. The van der Waals surface area contributed by atoms with Crippen molar-refractivity contribution >= 4 is 23.5 Å². The third-order valence-electron chi connectivity index (χ3n) is 6.92. The number of carbonyl (C=O) groups is 3. The lowest BCUT2D eigenvalue weighted by atomic mass is 9.95. The van der Waals surface area contributed by atoms with Gasteiger partial charge in [0.15, 0.2) is 11.5 Å². The Morgan fingerprint density at radius 3 is 2.32 bits per heavy atom. The first-order valence-corrected chi connectivity index (χ1v) is 13.6. The number of ether oxygens (including phenoxy) is 4. The molecule has 2 aromatic carbocycles. The van der Waals surface area contributed by atoms with Gasteiger partial charge in [-0.3, -0.25) is 19.2 Å². The number of nitrogens with one attached hydrogen (secondary N) is 3. The Hall–Kier alpha value is -4.28. The molecular weight excluding hydrogens is 530 g/mol. The van der Waals surface area contributed by atoms with Gasteiger partial charge in [0.25, 0.3) is 0 Å². The van der Waals surface area contributed by atoms with Crippen LogP contribution in [0.1, 0.15) is 56.2 Å². The number of fused-ring (bicyclic) bond motifs is 3. The monoisotopic (exact) mass is 569 g/mol. The third kappa shape index (κ3) is 7.90. The maximum absolute atomic E-state index is 13.3. The molecule has 3 N–H and O–H groups in total. The molecule has 41 heavy (non-hydrogen) atoms. The number of benzene rings is 1. The molecule has 1 unspecified atom stereocenters. The normalized spacial score (nSPS) is 13.5. The molecular formula is C30H39N3O8. The smallest absolute Gasteiger partial charge is 0.305 e. The van der Waals surface area contributed by atoms with Gasteiger partial charge in [-0.2, -0.15) is 0 Å². The molecule has 0 saturated carbocycles. The topological polar surface area (TPSA) is 141 Å². The molecule has 0 spiro atoms. The van der Waals surface area contributed by atoms with Crippen molar-refractivity contribution in [1.29, 1.82) is 0 Å². The second-order valence-electron chi connectivity index (χ2n) is 9.66. The zero-order valence-corrected chi connectivity index (χ0v) is 24.3. The number of amides is 2. The molecule has 0 fully saturated rings. The molecule has 1 atom stereocenters. The number of hydrogen-bond donors (Lipinski definition) is 3. The van der Waals surface area contributed by atoms with Crippen molar-refractivity contribution in [1.82, 2.24) is 10.6 Å². The molecule has 1 aliphatic carbocycles. The highest BCUT2D eigenvalue weighted by molar-refractivity contribution is 5.84. The van der Waals surface area contributed by atoms with Crippen molar-refractivity contribution in [3.63, 3.8) is 0 Å². The minimum Gasteiger partial charge on any atom is -0.493 e. The molecule has 0 saturated heterocycles. The zero-order chi connectivity index (χ0) is 29.9. The number of aryl methyl sites for hydroxylation is 1. The minimum absolute atomic E-state index is 0.129. The molecule has 0 bridgehead atoms. The van der Waals surface area contributed by atoms with E-state index in [2.05, 4.69) is 20.7 Å². The van der Waals surface area contributed by atoms with Crippen molar-refractivity contribution in [2.45, 2.75) is 51.5 Å². The van der Waals surface area contributed by atoms with Gasteiger partial charge in [0.2, 0.25) is 23.0 Å². The highest BCUT2D eigenvalue weighted by Gasteiger charge is 2.29. The van der Waals surface area contributed by atoms with E-state index >= 15 is 0 Å². The lowest BCUT2D eigenvalue weighted by Gasteiger charge is -2.19. The van der Waals surface area contributed by atoms with Crippen molar-refractivity contribution in [3.8, 4) is 28.4 Å². The second-order valence-corrected chi connectivity index (χ2v) is 9.66. The summed E-state index contributed by atoms with van der Waals surface area (Å²) < 4.78 is 21.6. The van der Waals surface area contributed by atoms with Gasteiger partial charge >= 0.3 is 5.97 Å². The second kappa shape index (κ2) is 14.9. The van der Waals surface area contributed by atoms with Crippen LogP contribution in [-0.4, -0.2) is 59.3 Å². The maximum atomic E-state index is 13.3. The van der Waals surface area contributed by atoms with E-state index in [1.807, 2.05) is 12.1 Å². The summed E-state index contributed by atoms with van der Waals surface area (Å²) in [6.07, 6.45) is 2.71. The fourth-order valence-corrected chi connectivity index (χ4v) is 4.98. The van der Waals surface area contributed by atoms with E-state index in [0.717, 1.165) is 16.7 Å². The zero-order valence-electron chi connectivity index (χ0n) is 24.3. The van der Waals surface area contributed by atoms with Crippen molar-refractivity contribution in [2.24, 2.45) is 0 Å². The molecule has 0 aliphatic heterocycles. The van der Waals surface area contributed by atoms with E-state index in [4.69, 9.17) is 14.2 Å². The highest BCUT2D eigenvalue weighted by atomic mass is 16.5.